The Morgan fingerprint density at radius 1 is 0.964 bits per heavy atom. The van der Waals surface area contributed by atoms with E-state index < -0.39 is 0 Å². The molecule has 28 heavy (non-hydrogen) atoms. The van der Waals surface area contributed by atoms with Gasteiger partial charge in [0.25, 0.3) is 0 Å². The predicted octanol–water partition coefficient (Wildman–Crippen LogP) is 2.32. The van der Waals surface area contributed by atoms with Gasteiger partial charge in [0, 0.05) is 44.1 Å². The quantitative estimate of drug-likeness (QED) is 0.804. The van der Waals surface area contributed by atoms with E-state index in [4.69, 9.17) is 9.84 Å². The van der Waals surface area contributed by atoms with Gasteiger partial charge in [-0.3, -0.25) is 4.90 Å². The fourth-order valence-corrected chi connectivity index (χ4v) is 4.18. The zero-order valence-corrected chi connectivity index (χ0v) is 17.6. The monoisotopic (exact) mass is 386 g/mol. The maximum absolute atomic E-state index is 5.56. The molecule has 2 aliphatic rings. The second-order valence-corrected chi connectivity index (χ2v) is 9.22. The Hall–Kier alpha value is -1.57. The van der Waals surface area contributed by atoms with Crippen LogP contribution in [0.4, 0.5) is 0 Å². The zero-order valence-electron chi connectivity index (χ0n) is 17.6. The third-order valence-corrected chi connectivity index (χ3v) is 6.06. The van der Waals surface area contributed by atoms with Crippen molar-refractivity contribution in [1.29, 1.82) is 0 Å². The normalized spacial score (nSPS) is 21.2. The number of piperidine rings is 1. The first-order chi connectivity index (χ1) is 13.5. The van der Waals surface area contributed by atoms with Crippen molar-refractivity contribution in [3.05, 3.63) is 23.7 Å². The molecule has 2 aromatic heterocycles. The molecule has 0 atom stereocenters. The molecule has 0 saturated carbocycles. The molecule has 4 rings (SSSR count). The van der Waals surface area contributed by atoms with Gasteiger partial charge in [-0.05, 0) is 44.5 Å². The fraction of sp³-hybridized carbons (Fsp3) is 0.762. The van der Waals surface area contributed by atoms with Crippen LogP contribution in [0.15, 0.2) is 12.1 Å². The molecule has 7 heteroatoms. The average Bonchev–Trinajstić information content (AvgIpc) is 2.93. The highest BCUT2D eigenvalue weighted by Crippen LogP contribution is 2.27. The molecular formula is C21H34N6O. The zero-order chi connectivity index (χ0) is 19.6. The highest BCUT2D eigenvalue weighted by atomic mass is 16.5. The van der Waals surface area contributed by atoms with Gasteiger partial charge in [-0.2, -0.15) is 9.61 Å². The first-order valence-electron chi connectivity index (χ1n) is 10.8. The van der Waals surface area contributed by atoms with Crippen LogP contribution < -0.4 is 0 Å². The molecule has 2 aromatic rings. The number of rotatable bonds is 4. The number of hydrogen-bond acceptors (Lipinski definition) is 6. The van der Waals surface area contributed by atoms with Gasteiger partial charge >= 0.3 is 0 Å². The molecule has 0 unspecified atom stereocenters. The minimum Gasteiger partial charge on any atom is -0.380 e. The number of aromatic nitrogens is 4. The van der Waals surface area contributed by atoms with Crippen LogP contribution in [0.5, 0.6) is 0 Å². The predicted molar refractivity (Wildman–Crippen MR) is 110 cm³/mol. The summed E-state index contributed by atoms with van der Waals surface area (Å²) in [7, 11) is 0. The lowest BCUT2D eigenvalue weighted by atomic mass is 9.92. The van der Waals surface area contributed by atoms with Gasteiger partial charge in [0.2, 0.25) is 0 Å². The lowest BCUT2D eigenvalue weighted by Gasteiger charge is -2.32. The number of nitrogens with zero attached hydrogens (tertiary/aromatic N) is 6. The summed E-state index contributed by atoms with van der Waals surface area (Å²) in [5.41, 5.74) is 1.96. The third kappa shape index (κ3) is 4.53. The van der Waals surface area contributed by atoms with Crippen LogP contribution >= 0.6 is 0 Å². The average molecular weight is 387 g/mol. The maximum Gasteiger partial charge on any atom is 0.177 e. The smallest absolute Gasteiger partial charge is 0.177 e. The number of likely N-dealkylation sites (tertiary alicyclic amines) is 1. The molecular weight excluding hydrogens is 352 g/mol. The number of ether oxygens (including phenoxy) is 1. The largest absolute Gasteiger partial charge is 0.380 e. The topological polar surface area (TPSA) is 58.8 Å². The van der Waals surface area contributed by atoms with Gasteiger partial charge in [0.1, 0.15) is 0 Å². The van der Waals surface area contributed by atoms with Gasteiger partial charge in [-0.1, -0.05) is 20.8 Å². The van der Waals surface area contributed by atoms with E-state index in [0.717, 1.165) is 82.4 Å². The summed E-state index contributed by atoms with van der Waals surface area (Å²) >= 11 is 0. The molecule has 7 nitrogen and oxygen atoms in total. The van der Waals surface area contributed by atoms with Crippen molar-refractivity contribution < 1.29 is 4.74 Å². The van der Waals surface area contributed by atoms with E-state index in [1.165, 1.54) is 6.54 Å². The molecule has 0 spiro atoms. The second-order valence-electron chi connectivity index (χ2n) is 9.22. The van der Waals surface area contributed by atoms with E-state index in [0.29, 0.717) is 5.92 Å². The van der Waals surface area contributed by atoms with Crippen molar-refractivity contribution in [2.24, 2.45) is 0 Å². The molecule has 2 aliphatic heterocycles. The summed E-state index contributed by atoms with van der Waals surface area (Å²) in [6.45, 7) is 15.2. The van der Waals surface area contributed by atoms with E-state index in [9.17, 15) is 0 Å². The van der Waals surface area contributed by atoms with E-state index in [1.807, 2.05) is 10.6 Å². The molecule has 2 saturated heterocycles. The Balaban J connectivity index is 1.36. The van der Waals surface area contributed by atoms with Crippen LogP contribution in [-0.2, 0) is 10.2 Å². The van der Waals surface area contributed by atoms with E-state index in [1.54, 1.807) is 0 Å². The van der Waals surface area contributed by atoms with E-state index in [2.05, 4.69) is 46.8 Å². The van der Waals surface area contributed by atoms with Crippen LogP contribution in [0.25, 0.3) is 5.65 Å². The Labute approximate surface area is 168 Å². The lowest BCUT2D eigenvalue weighted by Crippen LogP contribution is -2.40. The molecule has 0 N–H and O–H groups in total. The molecule has 0 aromatic carbocycles. The molecule has 0 radical (unpaired) electrons. The first kappa shape index (κ1) is 19.7. The van der Waals surface area contributed by atoms with Crippen LogP contribution in [-0.4, -0.2) is 82.1 Å². The molecule has 2 fully saturated rings. The molecule has 0 aliphatic carbocycles. The first-order valence-corrected chi connectivity index (χ1v) is 10.8. The number of hydrogen-bond donors (Lipinski definition) is 0. The van der Waals surface area contributed by atoms with Crippen molar-refractivity contribution in [2.45, 2.75) is 51.4 Å². The Morgan fingerprint density at radius 2 is 1.71 bits per heavy atom. The van der Waals surface area contributed by atoms with Crippen LogP contribution in [0, 0.1) is 0 Å². The Bertz CT molecular complexity index is 767. The summed E-state index contributed by atoms with van der Waals surface area (Å²) < 4.78 is 7.54. The molecule has 154 valence electrons. The summed E-state index contributed by atoms with van der Waals surface area (Å²) in [5, 5.41) is 13.7. The van der Waals surface area contributed by atoms with Crippen molar-refractivity contribution in [2.75, 3.05) is 52.5 Å². The highest BCUT2D eigenvalue weighted by Gasteiger charge is 2.26. The maximum atomic E-state index is 5.56. The SMILES string of the molecule is CC(C)(C)c1ccc2nnc(C3CCN(CCN4CCCOCC4)CC3)n2n1. The van der Waals surface area contributed by atoms with Crippen molar-refractivity contribution in [3.63, 3.8) is 0 Å². The highest BCUT2D eigenvalue weighted by molar-refractivity contribution is 5.37. The molecule has 0 amide bonds. The van der Waals surface area contributed by atoms with E-state index in [-0.39, 0.29) is 5.41 Å². The van der Waals surface area contributed by atoms with Crippen molar-refractivity contribution in [1.82, 2.24) is 29.6 Å². The van der Waals surface area contributed by atoms with Gasteiger partial charge in [-0.25, -0.2) is 0 Å². The van der Waals surface area contributed by atoms with Crippen LogP contribution in [0.2, 0.25) is 0 Å². The van der Waals surface area contributed by atoms with Gasteiger partial charge in [0.05, 0.1) is 12.3 Å². The summed E-state index contributed by atoms with van der Waals surface area (Å²) in [6, 6.07) is 4.12. The molecule has 4 heterocycles. The van der Waals surface area contributed by atoms with Crippen LogP contribution in [0.3, 0.4) is 0 Å². The summed E-state index contributed by atoms with van der Waals surface area (Å²) in [5.74, 6) is 1.48. The van der Waals surface area contributed by atoms with Gasteiger partial charge in [-0.15, -0.1) is 10.2 Å². The van der Waals surface area contributed by atoms with E-state index >= 15 is 0 Å². The van der Waals surface area contributed by atoms with Crippen molar-refractivity contribution >= 4 is 5.65 Å². The minimum absolute atomic E-state index is 0.0253. The Morgan fingerprint density at radius 3 is 2.46 bits per heavy atom. The second kappa shape index (κ2) is 8.43. The van der Waals surface area contributed by atoms with Crippen LogP contribution in [0.1, 0.15) is 57.5 Å². The van der Waals surface area contributed by atoms with Crippen molar-refractivity contribution in [3.8, 4) is 0 Å². The van der Waals surface area contributed by atoms with Gasteiger partial charge < -0.3 is 9.64 Å². The Kier molecular flexibility index (Phi) is 5.94. The molecule has 0 bridgehead atoms. The van der Waals surface area contributed by atoms with Gasteiger partial charge in [0.15, 0.2) is 11.5 Å². The lowest BCUT2D eigenvalue weighted by molar-refractivity contribution is 0.134. The summed E-state index contributed by atoms with van der Waals surface area (Å²) in [4.78, 5) is 5.14. The third-order valence-electron chi connectivity index (χ3n) is 6.06. The number of fused-ring (bicyclic) bond motifs is 1. The summed E-state index contributed by atoms with van der Waals surface area (Å²) in [6.07, 6.45) is 3.42. The minimum atomic E-state index is 0.0253. The fourth-order valence-electron chi connectivity index (χ4n) is 4.18. The standard InChI is InChI=1S/C21H34N6O/c1-21(2,3)18-5-6-19-22-23-20(27(19)24-18)17-7-10-26(11-8-17)13-12-25-9-4-15-28-16-14-25/h5-6,17H,4,7-16H2,1-3H3.